The zero-order chi connectivity index (χ0) is 18.8. The Kier molecular flexibility index (Phi) is 4.81. The number of halogens is 1. The van der Waals surface area contributed by atoms with Gasteiger partial charge in [0, 0.05) is 19.2 Å². The summed E-state index contributed by atoms with van der Waals surface area (Å²) in [5.41, 5.74) is 2.04. The third kappa shape index (κ3) is 3.34. The number of amides is 2. The highest BCUT2D eigenvalue weighted by molar-refractivity contribution is 6.52. The summed E-state index contributed by atoms with van der Waals surface area (Å²) in [7, 11) is 3.38. The molecule has 2 aromatic rings. The summed E-state index contributed by atoms with van der Waals surface area (Å²) in [6, 6.07) is 10.9. The minimum Gasteiger partial charge on any atom is -0.355 e. The van der Waals surface area contributed by atoms with Gasteiger partial charge in [-0.3, -0.25) is 24.2 Å². The smallest absolute Gasteiger partial charge is 0.300 e. The highest BCUT2D eigenvalue weighted by atomic mass is 19.1. The SMILES string of the molecule is CNC(=O)c1ccc(CN(C)CN2C(=O)C(=O)c3cc(F)ccc32)cc1. The van der Waals surface area contributed by atoms with Crippen molar-refractivity contribution < 1.29 is 18.8 Å². The molecule has 0 bridgehead atoms. The van der Waals surface area contributed by atoms with Gasteiger partial charge in [0.05, 0.1) is 17.9 Å². The highest BCUT2D eigenvalue weighted by Crippen LogP contribution is 2.29. The van der Waals surface area contributed by atoms with E-state index < -0.39 is 17.5 Å². The molecule has 26 heavy (non-hydrogen) atoms. The number of carbonyl (C=O) groups is 3. The molecule has 2 aromatic carbocycles. The van der Waals surface area contributed by atoms with Gasteiger partial charge in [0.2, 0.25) is 0 Å². The van der Waals surface area contributed by atoms with Gasteiger partial charge in [0.25, 0.3) is 11.7 Å². The standard InChI is InChI=1S/C19H18FN3O3/c1-21-18(25)13-5-3-12(4-6-13)10-22(2)11-23-16-8-7-14(20)9-15(16)17(24)19(23)26/h3-9H,10-11H2,1-2H3,(H,21,25). The van der Waals surface area contributed by atoms with Crippen LogP contribution in [-0.2, 0) is 11.3 Å². The van der Waals surface area contributed by atoms with E-state index >= 15 is 0 Å². The fraction of sp³-hybridized carbons (Fsp3) is 0.211. The predicted octanol–water partition coefficient (Wildman–Crippen LogP) is 1.80. The van der Waals surface area contributed by atoms with E-state index in [9.17, 15) is 18.8 Å². The normalized spacial score (nSPS) is 13.3. The summed E-state index contributed by atoms with van der Waals surface area (Å²) >= 11 is 0. The first-order chi connectivity index (χ1) is 12.4. The Labute approximate surface area is 150 Å². The average molecular weight is 355 g/mol. The van der Waals surface area contributed by atoms with E-state index in [1.54, 1.807) is 19.2 Å². The van der Waals surface area contributed by atoms with Crippen LogP contribution in [0.2, 0.25) is 0 Å². The van der Waals surface area contributed by atoms with Crippen LogP contribution in [0.5, 0.6) is 0 Å². The number of hydrogen-bond donors (Lipinski definition) is 1. The van der Waals surface area contributed by atoms with E-state index in [-0.39, 0.29) is 18.1 Å². The molecule has 1 aliphatic rings. The van der Waals surface area contributed by atoms with Crippen LogP contribution in [0.4, 0.5) is 10.1 Å². The van der Waals surface area contributed by atoms with Crippen LogP contribution < -0.4 is 10.2 Å². The van der Waals surface area contributed by atoms with Crippen molar-refractivity contribution in [3.63, 3.8) is 0 Å². The molecular weight excluding hydrogens is 337 g/mol. The number of hydrogen-bond acceptors (Lipinski definition) is 4. The minimum atomic E-state index is -0.692. The number of nitrogens with one attached hydrogen (secondary N) is 1. The summed E-state index contributed by atoms with van der Waals surface area (Å²) in [5.74, 6) is -2.05. The lowest BCUT2D eigenvalue weighted by Crippen LogP contribution is -2.38. The molecule has 1 aliphatic heterocycles. The van der Waals surface area contributed by atoms with Crippen LogP contribution >= 0.6 is 0 Å². The largest absolute Gasteiger partial charge is 0.355 e. The summed E-state index contributed by atoms with van der Waals surface area (Å²) in [6.45, 7) is 0.711. The van der Waals surface area contributed by atoms with Gasteiger partial charge >= 0.3 is 5.91 Å². The van der Waals surface area contributed by atoms with Crippen LogP contribution in [0.1, 0.15) is 26.3 Å². The van der Waals surface area contributed by atoms with Crippen molar-refractivity contribution in [3.05, 3.63) is 65.0 Å². The molecule has 7 heteroatoms. The third-order valence-electron chi connectivity index (χ3n) is 4.21. The number of rotatable bonds is 5. The first kappa shape index (κ1) is 17.8. The topological polar surface area (TPSA) is 69.7 Å². The number of fused-ring (bicyclic) bond motifs is 1. The maximum Gasteiger partial charge on any atom is 0.300 e. The van der Waals surface area contributed by atoms with Crippen LogP contribution in [-0.4, -0.2) is 43.3 Å². The molecular formula is C19H18FN3O3. The van der Waals surface area contributed by atoms with Gasteiger partial charge < -0.3 is 5.32 Å². The van der Waals surface area contributed by atoms with Crippen molar-refractivity contribution >= 4 is 23.3 Å². The summed E-state index contributed by atoms with van der Waals surface area (Å²) in [4.78, 5) is 39.0. The van der Waals surface area contributed by atoms with E-state index in [0.29, 0.717) is 17.8 Å². The number of nitrogens with zero attached hydrogens (tertiary/aromatic N) is 2. The molecule has 1 heterocycles. The van der Waals surface area contributed by atoms with Crippen molar-refractivity contribution in [2.75, 3.05) is 25.7 Å². The Bertz CT molecular complexity index is 880. The molecule has 0 unspecified atom stereocenters. The van der Waals surface area contributed by atoms with Gasteiger partial charge in [-0.15, -0.1) is 0 Å². The fourth-order valence-electron chi connectivity index (χ4n) is 2.92. The Morgan fingerprint density at radius 3 is 2.50 bits per heavy atom. The van der Waals surface area contributed by atoms with E-state index in [1.807, 2.05) is 24.1 Å². The van der Waals surface area contributed by atoms with Crippen molar-refractivity contribution in [3.8, 4) is 0 Å². The van der Waals surface area contributed by atoms with Crippen molar-refractivity contribution in [1.29, 1.82) is 0 Å². The van der Waals surface area contributed by atoms with Crippen LogP contribution in [0.25, 0.3) is 0 Å². The molecule has 0 atom stereocenters. The first-order valence-corrected chi connectivity index (χ1v) is 8.06. The zero-order valence-corrected chi connectivity index (χ0v) is 14.5. The van der Waals surface area contributed by atoms with Gasteiger partial charge in [0.1, 0.15) is 5.82 Å². The second-order valence-corrected chi connectivity index (χ2v) is 6.16. The predicted molar refractivity (Wildman–Crippen MR) is 94.4 cm³/mol. The van der Waals surface area contributed by atoms with Gasteiger partial charge in [-0.2, -0.15) is 0 Å². The van der Waals surface area contributed by atoms with E-state index in [0.717, 1.165) is 11.6 Å². The van der Waals surface area contributed by atoms with Gasteiger partial charge in [0.15, 0.2) is 0 Å². The Morgan fingerprint density at radius 1 is 1.15 bits per heavy atom. The van der Waals surface area contributed by atoms with Crippen molar-refractivity contribution in [1.82, 2.24) is 10.2 Å². The van der Waals surface area contributed by atoms with Crippen LogP contribution in [0.3, 0.4) is 0 Å². The number of ketones is 1. The maximum absolute atomic E-state index is 13.3. The van der Waals surface area contributed by atoms with E-state index in [1.165, 1.54) is 17.0 Å². The molecule has 0 saturated heterocycles. The Morgan fingerprint density at radius 2 is 1.85 bits per heavy atom. The van der Waals surface area contributed by atoms with Crippen LogP contribution in [0, 0.1) is 5.82 Å². The zero-order valence-electron chi connectivity index (χ0n) is 14.5. The number of Topliss-reactive ketones (excluding diaryl/α,β-unsaturated/α-hetero) is 1. The third-order valence-corrected chi connectivity index (χ3v) is 4.21. The van der Waals surface area contributed by atoms with Gasteiger partial charge in [-0.25, -0.2) is 4.39 Å². The van der Waals surface area contributed by atoms with E-state index in [2.05, 4.69) is 5.32 Å². The molecule has 0 aromatic heterocycles. The summed E-state index contributed by atoms with van der Waals surface area (Å²) in [5, 5.41) is 2.56. The van der Waals surface area contributed by atoms with Gasteiger partial charge in [-0.05, 0) is 42.9 Å². The average Bonchev–Trinajstić information content (AvgIpc) is 2.86. The van der Waals surface area contributed by atoms with Crippen molar-refractivity contribution in [2.24, 2.45) is 0 Å². The lowest BCUT2D eigenvalue weighted by atomic mass is 10.1. The van der Waals surface area contributed by atoms with Crippen LogP contribution in [0.15, 0.2) is 42.5 Å². The second kappa shape index (κ2) is 7.05. The molecule has 0 fully saturated rings. The molecule has 0 saturated carbocycles. The maximum atomic E-state index is 13.3. The van der Waals surface area contributed by atoms with Gasteiger partial charge in [-0.1, -0.05) is 12.1 Å². The number of anilines is 1. The van der Waals surface area contributed by atoms with E-state index in [4.69, 9.17) is 0 Å². The minimum absolute atomic E-state index is 0.0957. The number of benzene rings is 2. The Hall–Kier alpha value is -3.06. The molecule has 3 rings (SSSR count). The lowest BCUT2D eigenvalue weighted by Gasteiger charge is -2.24. The lowest BCUT2D eigenvalue weighted by molar-refractivity contribution is -0.114. The summed E-state index contributed by atoms with van der Waals surface area (Å²) < 4.78 is 13.3. The molecule has 0 spiro atoms. The first-order valence-electron chi connectivity index (χ1n) is 8.06. The second-order valence-electron chi connectivity index (χ2n) is 6.16. The fourth-order valence-corrected chi connectivity index (χ4v) is 2.92. The highest BCUT2D eigenvalue weighted by Gasteiger charge is 2.36. The quantitative estimate of drug-likeness (QED) is 0.831. The monoisotopic (exact) mass is 355 g/mol. The number of carbonyl (C=O) groups excluding carboxylic acids is 3. The molecule has 134 valence electrons. The van der Waals surface area contributed by atoms with Crippen molar-refractivity contribution in [2.45, 2.75) is 6.54 Å². The molecule has 2 amide bonds. The Balaban J connectivity index is 1.71. The molecule has 6 nitrogen and oxygen atoms in total. The molecule has 1 N–H and O–H groups in total. The summed E-state index contributed by atoms with van der Waals surface area (Å²) in [6.07, 6.45) is 0. The molecule has 0 radical (unpaired) electrons. The molecule has 0 aliphatic carbocycles.